The van der Waals surface area contributed by atoms with E-state index in [9.17, 15) is 14.4 Å². The third-order valence-electron chi connectivity index (χ3n) is 4.71. The first-order valence-corrected chi connectivity index (χ1v) is 8.64. The lowest BCUT2D eigenvalue weighted by atomic mass is 10.1. The third kappa shape index (κ3) is 3.31. The molecule has 3 heterocycles. The minimum absolute atomic E-state index is 0.164. The van der Waals surface area contributed by atoms with Crippen LogP contribution < -0.4 is 11.2 Å². The number of carbonyl (C=O) groups excluding carboxylic acids is 3. The smallest absolute Gasteiger partial charge is 0.270 e. The Bertz CT molecular complexity index is 960. The number of nitrogens with zero attached hydrogens (tertiary/aromatic N) is 3. The maximum absolute atomic E-state index is 12.6. The van der Waals surface area contributed by atoms with E-state index < -0.39 is 5.91 Å². The Hall–Kier alpha value is -3.49. The summed E-state index contributed by atoms with van der Waals surface area (Å²) < 4.78 is 0. The van der Waals surface area contributed by atoms with Gasteiger partial charge in [-0.15, -0.1) is 0 Å². The Balaban J connectivity index is 1.51. The molecule has 9 nitrogen and oxygen atoms in total. The lowest BCUT2D eigenvalue weighted by Gasteiger charge is -2.27. The first-order chi connectivity index (χ1) is 13.0. The molecule has 0 fully saturated rings. The molecule has 2 aromatic rings. The van der Waals surface area contributed by atoms with Gasteiger partial charge in [0.1, 0.15) is 11.5 Å². The second kappa shape index (κ2) is 6.67. The lowest BCUT2D eigenvalue weighted by molar-refractivity contribution is -0.125. The number of aromatic amines is 1. The van der Waals surface area contributed by atoms with Gasteiger partial charge in [-0.1, -0.05) is 12.1 Å². The summed E-state index contributed by atoms with van der Waals surface area (Å²) in [7, 11) is 0. The van der Waals surface area contributed by atoms with Crippen LogP contribution in [0.25, 0.3) is 11.4 Å². The summed E-state index contributed by atoms with van der Waals surface area (Å²) in [6.45, 7) is 0.956. The van der Waals surface area contributed by atoms with Crippen LogP contribution in [0.1, 0.15) is 34.6 Å². The van der Waals surface area contributed by atoms with Crippen LogP contribution in [-0.4, -0.2) is 44.8 Å². The van der Waals surface area contributed by atoms with Crippen molar-refractivity contribution in [2.75, 3.05) is 6.54 Å². The van der Waals surface area contributed by atoms with E-state index in [0.717, 1.165) is 17.0 Å². The van der Waals surface area contributed by atoms with E-state index in [2.05, 4.69) is 20.5 Å². The number of nitrogens with two attached hydrogens (primary N) is 1. The van der Waals surface area contributed by atoms with Gasteiger partial charge in [0.15, 0.2) is 0 Å². The molecule has 1 aromatic carbocycles. The SMILES string of the molecule is NC(=O)c1ccc(-c2nc3c([nH]2)CN(C(=O)C2=NNC(=O)CC2)CC3)cc1. The molecule has 0 spiro atoms. The van der Waals surface area contributed by atoms with Crippen LogP contribution in [-0.2, 0) is 22.6 Å². The average Bonchev–Trinajstić information content (AvgIpc) is 3.11. The number of hydrazone groups is 1. The Labute approximate surface area is 154 Å². The monoisotopic (exact) mass is 366 g/mol. The molecule has 1 aromatic heterocycles. The molecule has 0 atom stereocenters. The summed E-state index contributed by atoms with van der Waals surface area (Å²) in [5.41, 5.74) is 11.1. The van der Waals surface area contributed by atoms with E-state index in [1.54, 1.807) is 29.2 Å². The molecular formula is C18H18N6O3. The van der Waals surface area contributed by atoms with Crippen molar-refractivity contribution in [3.63, 3.8) is 0 Å². The van der Waals surface area contributed by atoms with Crippen molar-refractivity contribution in [3.8, 4) is 11.4 Å². The van der Waals surface area contributed by atoms with Gasteiger partial charge in [0, 0.05) is 36.9 Å². The van der Waals surface area contributed by atoms with Gasteiger partial charge in [-0.05, 0) is 12.1 Å². The van der Waals surface area contributed by atoms with E-state index in [1.165, 1.54) is 0 Å². The van der Waals surface area contributed by atoms with Gasteiger partial charge in [-0.3, -0.25) is 14.4 Å². The van der Waals surface area contributed by atoms with Crippen LogP contribution in [0.4, 0.5) is 0 Å². The molecule has 4 rings (SSSR count). The maximum Gasteiger partial charge on any atom is 0.270 e. The number of imidazole rings is 1. The van der Waals surface area contributed by atoms with E-state index in [1.807, 2.05) is 0 Å². The van der Waals surface area contributed by atoms with Gasteiger partial charge in [0.05, 0.1) is 17.9 Å². The quantitative estimate of drug-likeness (QED) is 0.721. The Kier molecular flexibility index (Phi) is 4.19. The Morgan fingerprint density at radius 1 is 1.11 bits per heavy atom. The number of H-pyrrole nitrogens is 1. The van der Waals surface area contributed by atoms with Crippen molar-refractivity contribution in [1.29, 1.82) is 0 Å². The fourth-order valence-electron chi connectivity index (χ4n) is 3.21. The van der Waals surface area contributed by atoms with Gasteiger partial charge < -0.3 is 15.6 Å². The van der Waals surface area contributed by atoms with Gasteiger partial charge in [-0.25, -0.2) is 10.4 Å². The predicted octanol–water partition coefficient (Wildman–Crippen LogP) is 0.326. The molecule has 9 heteroatoms. The van der Waals surface area contributed by atoms with Crippen LogP contribution in [0.15, 0.2) is 29.4 Å². The fourth-order valence-corrected chi connectivity index (χ4v) is 3.21. The zero-order valence-corrected chi connectivity index (χ0v) is 14.5. The van der Waals surface area contributed by atoms with E-state index >= 15 is 0 Å². The number of rotatable bonds is 3. The van der Waals surface area contributed by atoms with Crippen molar-refractivity contribution >= 4 is 23.4 Å². The topological polar surface area (TPSA) is 134 Å². The number of primary amides is 1. The zero-order chi connectivity index (χ0) is 19.0. The van der Waals surface area contributed by atoms with Gasteiger partial charge in [0.2, 0.25) is 11.8 Å². The number of hydrogen-bond acceptors (Lipinski definition) is 5. The molecule has 138 valence electrons. The molecule has 0 saturated heterocycles. The Morgan fingerprint density at radius 2 is 1.89 bits per heavy atom. The highest BCUT2D eigenvalue weighted by molar-refractivity contribution is 6.39. The molecule has 3 amide bonds. The fraction of sp³-hybridized carbons (Fsp3) is 0.278. The molecule has 2 aliphatic rings. The van der Waals surface area contributed by atoms with Crippen molar-refractivity contribution in [2.24, 2.45) is 10.8 Å². The first-order valence-electron chi connectivity index (χ1n) is 8.64. The molecular weight excluding hydrogens is 348 g/mol. The van der Waals surface area contributed by atoms with Crippen LogP contribution in [0, 0.1) is 0 Å². The molecule has 0 radical (unpaired) electrons. The minimum Gasteiger partial charge on any atom is -0.366 e. The predicted molar refractivity (Wildman–Crippen MR) is 96.5 cm³/mol. The summed E-state index contributed by atoms with van der Waals surface area (Å²) in [6.07, 6.45) is 1.27. The van der Waals surface area contributed by atoms with Crippen molar-refractivity contribution in [2.45, 2.75) is 25.8 Å². The zero-order valence-electron chi connectivity index (χ0n) is 14.5. The summed E-state index contributed by atoms with van der Waals surface area (Å²) in [4.78, 5) is 44.6. The van der Waals surface area contributed by atoms with E-state index in [0.29, 0.717) is 43.0 Å². The number of amides is 3. The average molecular weight is 366 g/mol. The largest absolute Gasteiger partial charge is 0.366 e. The van der Waals surface area contributed by atoms with Crippen LogP contribution in [0.5, 0.6) is 0 Å². The molecule has 0 aliphatic carbocycles. The molecule has 2 aliphatic heterocycles. The van der Waals surface area contributed by atoms with Crippen LogP contribution in [0.3, 0.4) is 0 Å². The number of aromatic nitrogens is 2. The third-order valence-corrected chi connectivity index (χ3v) is 4.71. The standard InChI is InChI=1S/C18H18N6O3/c19-16(26)10-1-3-11(4-2-10)17-20-12-7-8-24(9-14(12)21-17)18(27)13-5-6-15(25)23-22-13/h1-4H,5-9H2,(H2,19,26)(H,20,21)(H,23,25). The summed E-state index contributed by atoms with van der Waals surface area (Å²) >= 11 is 0. The summed E-state index contributed by atoms with van der Waals surface area (Å²) in [5.74, 6) is -0.125. The van der Waals surface area contributed by atoms with Crippen molar-refractivity contribution < 1.29 is 14.4 Å². The Morgan fingerprint density at radius 3 is 2.56 bits per heavy atom. The van der Waals surface area contributed by atoms with Gasteiger partial charge >= 0.3 is 0 Å². The van der Waals surface area contributed by atoms with Crippen molar-refractivity contribution in [3.05, 3.63) is 41.2 Å². The molecule has 4 N–H and O–H groups in total. The van der Waals surface area contributed by atoms with Crippen LogP contribution >= 0.6 is 0 Å². The normalized spacial score (nSPS) is 16.4. The van der Waals surface area contributed by atoms with Gasteiger partial charge in [0.25, 0.3) is 5.91 Å². The number of nitrogens with one attached hydrogen (secondary N) is 2. The highest BCUT2D eigenvalue weighted by Crippen LogP contribution is 2.23. The maximum atomic E-state index is 12.6. The lowest BCUT2D eigenvalue weighted by Crippen LogP contribution is -2.42. The number of fused-ring (bicyclic) bond motifs is 1. The first kappa shape index (κ1) is 17.0. The minimum atomic E-state index is -0.476. The number of hydrogen-bond donors (Lipinski definition) is 3. The second-order valence-electron chi connectivity index (χ2n) is 6.52. The summed E-state index contributed by atoms with van der Waals surface area (Å²) in [5, 5.41) is 3.88. The highest BCUT2D eigenvalue weighted by Gasteiger charge is 2.28. The molecule has 27 heavy (non-hydrogen) atoms. The molecule has 0 saturated carbocycles. The summed E-state index contributed by atoms with van der Waals surface area (Å²) in [6, 6.07) is 6.88. The number of benzene rings is 1. The van der Waals surface area contributed by atoms with E-state index in [4.69, 9.17) is 5.73 Å². The highest BCUT2D eigenvalue weighted by atomic mass is 16.2. The van der Waals surface area contributed by atoms with Crippen molar-refractivity contribution in [1.82, 2.24) is 20.3 Å². The second-order valence-corrected chi connectivity index (χ2v) is 6.52. The molecule has 0 bridgehead atoms. The number of carbonyl (C=O) groups is 3. The van der Waals surface area contributed by atoms with E-state index in [-0.39, 0.29) is 18.2 Å². The molecule has 0 unspecified atom stereocenters. The van der Waals surface area contributed by atoms with Crippen LogP contribution in [0.2, 0.25) is 0 Å². The van der Waals surface area contributed by atoms with Gasteiger partial charge in [-0.2, -0.15) is 5.10 Å².